The molecular formula is C3H3NO2. The van der Waals surface area contributed by atoms with Crippen LogP contribution in [0.4, 0.5) is 0 Å². The minimum atomic E-state index is -0.0382. The van der Waals surface area contributed by atoms with Gasteiger partial charge in [-0.1, -0.05) is 5.92 Å². The van der Waals surface area contributed by atoms with Crippen molar-refractivity contribution in [2.45, 2.75) is 0 Å². The summed E-state index contributed by atoms with van der Waals surface area (Å²) in [6.45, 7) is -0.0382. The number of hydrogen-bond donors (Lipinski definition) is 0. The zero-order valence-electron chi connectivity index (χ0n) is 3.05. The molecule has 0 aliphatic rings. The van der Waals surface area contributed by atoms with Gasteiger partial charge < -0.3 is 4.84 Å². The highest BCUT2D eigenvalue weighted by Crippen LogP contribution is 1.65. The lowest BCUT2D eigenvalue weighted by atomic mass is 10.8. The van der Waals surface area contributed by atoms with Crippen LogP contribution in [0.2, 0.25) is 0 Å². The Morgan fingerprint density at radius 2 is 2.67 bits per heavy atom. The van der Waals surface area contributed by atoms with Gasteiger partial charge in [-0.25, -0.2) is 0 Å². The summed E-state index contributed by atoms with van der Waals surface area (Å²) >= 11 is 0. The third-order valence-corrected chi connectivity index (χ3v) is 0.201. The van der Waals surface area contributed by atoms with Gasteiger partial charge in [0.1, 0.15) is 0 Å². The van der Waals surface area contributed by atoms with Crippen LogP contribution in [-0.4, -0.2) is 6.61 Å². The van der Waals surface area contributed by atoms with Crippen LogP contribution in [-0.2, 0) is 4.84 Å². The van der Waals surface area contributed by atoms with Crippen LogP contribution in [0.5, 0.6) is 0 Å². The van der Waals surface area contributed by atoms with Gasteiger partial charge in [-0.2, -0.15) is 0 Å². The van der Waals surface area contributed by atoms with Crippen molar-refractivity contribution in [1.29, 1.82) is 0 Å². The van der Waals surface area contributed by atoms with E-state index in [-0.39, 0.29) is 6.61 Å². The first-order valence-electron chi connectivity index (χ1n) is 1.30. The van der Waals surface area contributed by atoms with Crippen LogP contribution in [0, 0.1) is 17.3 Å². The summed E-state index contributed by atoms with van der Waals surface area (Å²) < 4.78 is 0. The zero-order valence-corrected chi connectivity index (χ0v) is 3.05. The van der Waals surface area contributed by atoms with Crippen LogP contribution in [0.25, 0.3) is 0 Å². The fourth-order valence-electron chi connectivity index (χ4n) is 0.0636. The summed E-state index contributed by atoms with van der Waals surface area (Å²) in [7, 11) is 0. The molecule has 3 nitrogen and oxygen atoms in total. The fraction of sp³-hybridized carbons (Fsp3) is 0.333. The Kier molecular flexibility index (Phi) is 3.27. The van der Waals surface area contributed by atoms with Gasteiger partial charge in [-0.15, -0.1) is 11.3 Å². The lowest BCUT2D eigenvalue weighted by molar-refractivity contribution is 0.174. The molecule has 0 aromatic carbocycles. The lowest BCUT2D eigenvalue weighted by Crippen LogP contribution is -1.76. The Hall–Kier alpha value is -1.04. The molecule has 0 fully saturated rings. The predicted molar refractivity (Wildman–Crippen MR) is 20.6 cm³/mol. The molecule has 0 saturated heterocycles. The molecule has 0 saturated carbocycles. The maximum atomic E-state index is 9.00. The molecule has 0 N–H and O–H groups in total. The Morgan fingerprint density at radius 1 is 2.00 bits per heavy atom. The molecule has 3 heteroatoms. The first kappa shape index (κ1) is 4.96. The van der Waals surface area contributed by atoms with Crippen molar-refractivity contribution < 1.29 is 4.84 Å². The van der Waals surface area contributed by atoms with E-state index in [1.807, 2.05) is 5.34 Å². The van der Waals surface area contributed by atoms with Gasteiger partial charge in [0.2, 0.25) is 0 Å². The summed E-state index contributed by atoms with van der Waals surface area (Å²) in [6, 6.07) is 0. The highest BCUT2D eigenvalue weighted by atomic mass is 16.7. The minimum Gasteiger partial charge on any atom is -0.351 e. The second-order valence-electron chi connectivity index (χ2n) is 0.552. The summed E-state index contributed by atoms with van der Waals surface area (Å²) in [5, 5.41) is 2.03. The van der Waals surface area contributed by atoms with Gasteiger partial charge in [0, 0.05) is 0 Å². The third-order valence-electron chi connectivity index (χ3n) is 0.201. The highest BCUT2D eigenvalue weighted by Gasteiger charge is 1.67. The second-order valence-corrected chi connectivity index (χ2v) is 0.552. The predicted octanol–water partition coefficient (Wildman–Crippen LogP) is 0.318. The van der Waals surface area contributed by atoms with E-state index in [0.717, 1.165) is 0 Å². The van der Waals surface area contributed by atoms with Crippen LogP contribution in [0.3, 0.4) is 0 Å². The summed E-state index contributed by atoms with van der Waals surface area (Å²) in [5.41, 5.74) is 0. The third kappa shape index (κ3) is 2.96. The van der Waals surface area contributed by atoms with Gasteiger partial charge in [0.15, 0.2) is 11.9 Å². The van der Waals surface area contributed by atoms with E-state index in [0.29, 0.717) is 0 Å². The van der Waals surface area contributed by atoms with E-state index >= 15 is 0 Å². The number of rotatable bonds is 2. The quantitative estimate of drug-likeness (QED) is 0.209. The van der Waals surface area contributed by atoms with Crippen LogP contribution in [0.15, 0.2) is 5.34 Å². The minimum absolute atomic E-state index is 0.0382. The highest BCUT2D eigenvalue weighted by molar-refractivity contribution is 4.82. The Balaban J connectivity index is 2.72. The molecule has 0 aromatic rings. The topological polar surface area (TPSA) is 38.7 Å². The summed E-state index contributed by atoms with van der Waals surface area (Å²) in [6.07, 6.45) is 4.64. The fourth-order valence-corrected chi connectivity index (χ4v) is 0.0636. The van der Waals surface area contributed by atoms with Gasteiger partial charge in [-0.3, -0.25) is 0 Å². The molecule has 0 radical (unpaired) electrons. The molecule has 0 aliphatic carbocycles. The van der Waals surface area contributed by atoms with Crippen LogP contribution >= 0.6 is 0 Å². The Bertz CT molecular complexity index is 73.4. The molecule has 6 heavy (non-hydrogen) atoms. The van der Waals surface area contributed by atoms with Crippen molar-refractivity contribution >= 4 is 0 Å². The van der Waals surface area contributed by atoms with Gasteiger partial charge in [-0.05, 0) is 0 Å². The summed E-state index contributed by atoms with van der Waals surface area (Å²) in [5.74, 6) is 2.05. The average Bonchev–Trinajstić information content (AvgIpc) is 1.61. The molecule has 0 unspecified atom stereocenters. The number of hydrogen-bond acceptors (Lipinski definition) is 3. The summed E-state index contributed by atoms with van der Waals surface area (Å²) in [4.78, 5) is 12.8. The number of terminal acetylenes is 1. The van der Waals surface area contributed by atoms with E-state index in [9.17, 15) is 0 Å². The zero-order chi connectivity index (χ0) is 4.83. The van der Waals surface area contributed by atoms with Gasteiger partial charge >= 0.3 is 0 Å². The van der Waals surface area contributed by atoms with E-state index in [1.165, 1.54) is 0 Å². The molecule has 32 valence electrons. The van der Waals surface area contributed by atoms with Crippen LogP contribution < -0.4 is 0 Å². The first-order chi connectivity index (χ1) is 2.91. The van der Waals surface area contributed by atoms with Crippen molar-refractivity contribution in [2.24, 2.45) is 5.34 Å². The molecule has 0 bridgehead atoms. The van der Waals surface area contributed by atoms with E-state index in [1.54, 1.807) is 0 Å². The molecular weight excluding hydrogens is 82.0 g/mol. The van der Waals surface area contributed by atoms with Gasteiger partial charge in [0.25, 0.3) is 0 Å². The van der Waals surface area contributed by atoms with Gasteiger partial charge in [0.05, 0.1) is 0 Å². The van der Waals surface area contributed by atoms with Crippen molar-refractivity contribution in [3.63, 3.8) is 0 Å². The van der Waals surface area contributed by atoms with Crippen molar-refractivity contribution in [2.75, 3.05) is 6.61 Å². The maximum Gasteiger partial charge on any atom is 0.180 e. The van der Waals surface area contributed by atoms with E-state index < -0.39 is 0 Å². The van der Waals surface area contributed by atoms with Crippen molar-refractivity contribution in [3.8, 4) is 12.3 Å². The van der Waals surface area contributed by atoms with E-state index in [4.69, 9.17) is 4.91 Å². The molecule has 0 spiro atoms. The molecule has 0 heterocycles. The molecule has 0 amide bonds. The molecule has 0 aromatic heterocycles. The Morgan fingerprint density at radius 3 is 2.83 bits per heavy atom. The average molecular weight is 85.1 g/mol. The second kappa shape index (κ2) is 3.96. The van der Waals surface area contributed by atoms with Crippen LogP contribution in [0.1, 0.15) is 0 Å². The SMILES string of the molecule is C#CCON=O. The standard InChI is InChI=1S/C3H3NO2/c1-2-3-6-4-5/h1H,3H2. The molecule has 0 aliphatic heterocycles. The number of nitrogens with zero attached hydrogens (tertiary/aromatic N) is 1. The molecule has 0 atom stereocenters. The first-order valence-corrected chi connectivity index (χ1v) is 1.30. The lowest BCUT2D eigenvalue weighted by Gasteiger charge is -1.76. The van der Waals surface area contributed by atoms with E-state index in [2.05, 4.69) is 17.2 Å². The van der Waals surface area contributed by atoms with Crippen molar-refractivity contribution in [3.05, 3.63) is 4.91 Å². The normalized spacial score (nSPS) is 5.83. The largest absolute Gasteiger partial charge is 0.351 e. The maximum absolute atomic E-state index is 9.00. The van der Waals surface area contributed by atoms with Crippen molar-refractivity contribution in [1.82, 2.24) is 0 Å². The monoisotopic (exact) mass is 85.0 g/mol. The Labute approximate surface area is 35.2 Å². The smallest absolute Gasteiger partial charge is 0.180 e. The molecule has 0 rings (SSSR count).